The summed E-state index contributed by atoms with van der Waals surface area (Å²) in [6.45, 7) is 0. The fraction of sp³-hybridized carbons (Fsp3) is 0.353. The molecule has 0 aliphatic heterocycles. The minimum Gasteiger partial charge on any atom is -0.381 e. The molecule has 3 nitrogen and oxygen atoms in total. The van der Waals surface area contributed by atoms with Crippen molar-refractivity contribution in [2.75, 3.05) is 7.11 Å². The molecule has 1 aliphatic carbocycles. The van der Waals surface area contributed by atoms with Gasteiger partial charge in [0.15, 0.2) is 0 Å². The van der Waals surface area contributed by atoms with E-state index in [4.69, 9.17) is 4.74 Å². The predicted octanol–water partition coefficient (Wildman–Crippen LogP) is 2.94. The number of pyridine rings is 1. The number of hydrogen-bond acceptors (Lipinski definition) is 3. The summed E-state index contributed by atoms with van der Waals surface area (Å²) in [6.07, 6.45) is 6.30. The Morgan fingerprint density at radius 2 is 1.70 bits per heavy atom. The molecule has 1 unspecified atom stereocenters. The zero-order valence-corrected chi connectivity index (χ0v) is 11.7. The second-order valence-electron chi connectivity index (χ2n) is 5.32. The Labute approximate surface area is 120 Å². The number of rotatable bonds is 5. The lowest BCUT2D eigenvalue weighted by Crippen LogP contribution is -2.46. The van der Waals surface area contributed by atoms with Gasteiger partial charge >= 0.3 is 0 Å². The van der Waals surface area contributed by atoms with Gasteiger partial charge in [0.1, 0.15) is 0 Å². The maximum Gasteiger partial charge on any atom is 0.0601 e. The Morgan fingerprint density at radius 3 is 2.35 bits per heavy atom. The first-order chi connectivity index (χ1) is 9.86. The molecular weight excluding hydrogens is 248 g/mol. The SMILES string of the molecule is COC1CC(NC(c2ccccc2)c2ccncc2)C1. The van der Waals surface area contributed by atoms with Gasteiger partial charge in [0.25, 0.3) is 0 Å². The van der Waals surface area contributed by atoms with Gasteiger partial charge in [0, 0.05) is 25.5 Å². The number of nitrogens with zero attached hydrogens (tertiary/aromatic N) is 1. The molecule has 1 aromatic heterocycles. The summed E-state index contributed by atoms with van der Waals surface area (Å²) in [6, 6.07) is 15.5. The van der Waals surface area contributed by atoms with Crippen LogP contribution in [0.4, 0.5) is 0 Å². The van der Waals surface area contributed by atoms with Crippen LogP contribution in [-0.2, 0) is 4.74 Å². The first-order valence-corrected chi connectivity index (χ1v) is 7.10. The van der Waals surface area contributed by atoms with Gasteiger partial charge in [-0.2, -0.15) is 0 Å². The van der Waals surface area contributed by atoms with Crippen molar-refractivity contribution in [3.63, 3.8) is 0 Å². The van der Waals surface area contributed by atoms with Crippen LogP contribution >= 0.6 is 0 Å². The van der Waals surface area contributed by atoms with E-state index in [0.29, 0.717) is 12.1 Å². The van der Waals surface area contributed by atoms with Crippen molar-refractivity contribution >= 4 is 0 Å². The van der Waals surface area contributed by atoms with Gasteiger partial charge in [-0.3, -0.25) is 4.98 Å². The quantitative estimate of drug-likeness (QED) is 0.905. The summed E-state index contributed by atoms with van der Waals surface area (Å²) in [7, 11) is 1.79. The Hall–Kier alpha value is -1.71. The molecule has 1 aromatic carbocycles. The molecule has 1 fully saturated rings. The summed E-state index contributed by atoms with van der Waals surface area (Å²) >= 11 is 0. The van der Waals surface area contributed by atoms with Crippen molar-refractivity contribution in [3.05, 3.63) is 66.0 Å². The molecule has 1 saturated carbocycles. The highest BCUT2D eigenvalue weighted by molar-refractivity contribution is 5.30. The number of benzene rings is 1. The first kappa shape index (κ1) is 13.3. The van der Waals surface area contributed by atoms with Crippen LogP contribution in [-0.4, -0.2) is 24.2 Å². The van der Waals surface area contributed by atoms with Crippen LogP contribution in [0.25, 0.3) is 0 Å². The molecule has 1 N–H and O–H groups in total. The molecule has 0 radical (unpaired) electrons. The lowest BCUT2D eigenvalue weighted by atomic mass is 9.87. The largest absolute Gasteiger partial charge is 0.381 e. The molecule has 0 spiro atoms. The fourth-order valence-electron chi connectivity index (χ4n) is 2.72. The molecule has 3 rings (SSSR count). The number of hydrogen-bond donors (Lipinski definition) is 1. The third-order valence-corrected chi connectivity index (χ3v) is 4.00. The fourth-order valence-corrected chi connectivity index (χ4v) is 2.72. The second-order valence-corrected chi connectivity index (χ2v) is 5.32. The molecule has 0 saturated heterocycles. The van der Waals surface area contributed by atoms with Crippen LogP contribution < -0.4 is 5.32 Å². The van der Waals surface area contributed by atoms with E-state index >= 15 is 0 Å². The summed E-state index contributed by atoms with van der Waals surface area (Å²) in [4.78, 5) is 4.11. The van der Waals surface area contributed by atoms with Gasteiger partial charge in [-0.25, -0.2) is 0 Å². The maximum atomic E-state index is 5.36. The summed E-state index contributed by atoms with van der Waals surface area (Å²) in [5.41, 5.74) is 2.55. The van der Waals surface area contributed by atoms with E-state index in [1.807, 2.05) is 12.4 Å². The van der Waals surface area contributed by atoms with Crippen molar-refractivity contribution < 1.29 is 4.74 Å². The molecule has 1 aliphatic rings. The number of aromatic nitrogens is 1. The van der Waals surface area contributed by atoms with Crippen molar-refractivity contribution in [2.45, 2.75) is 31.0 Å². The first-order valence-electron chi connectivity index (χ1n) is 7.10. The monoisotopic (exact) mass is 268 g/mol. The van der Waals surface area contributed by atoms with Crippen LogP contribution in [0.2, 0.25) is 0 Å². The molecule has 3 heteroatoms. The van der Waals surface area contributed by atoms with Gasteiger partial charge in [-0.05, 0) is 36.1 Å². The molecule has 1 heterocycles. The van der Waals surface area contributed by atoms with E-state index in [1.54, 1.807) is 7.11 Å². The maximum absolute atomic E-state index is 5.36. The van der Waals surface area contributed by atoms with Crippen LogP contribution in [0.1, 0.15) is 30.0 Å². The lowest BCUT2D eigenvalue weighted by molar-refractivity contribution is 0.0153. The Morgan fingerprint density at radius 1 is 1.05 bits per heavy atom. The third-order valence-electron chi connectivity index (χ3n) is 4.00. The lowest BCUT2D eigenvalue weighted by Gasteiger charge is -2.37. The van der Waals surface area contributed by atoms with E-state index in [9.17, 15) is 0 Å². The minimum atomic E-state index is 0.224. The Kier molecular flexibility index (Phi) is 4.09. The van der Waals surface area contributed by atoms with E-state index < -0.39 is 0 Å². The standard InChI is InChI=1S/C17H20N2O/c1-20-16-11-15(12-16)19-17(13-5-3-2-4-6-13)14-7-9-18-10-8-14/h2-10,15-17,19H,11-12H2,1H3. The van der Waals surface area contributed by atoms with Crippen LogP contribution in [0.3, 0.4) is 0 Å². The highest BCUT2D eigenvalue weighted by atomic mass is 16.5. The predicted molar refractivity (Wildman–Crippen MR) is 79.5 cm³/mol. The summed E-state index contributed by atoms with van der Waals surface area (Å²) in [5, 5.41) is 3.74. The highest BCUT2D eigenvalue weighted by Crippen LogP contribution is 2.28. The van der Waals surface area contributed by atoms with Gasteiger partial charge in [-0.15, -0.1) is 0 Å². The van der Waals surface area contributed by atoms with E-state index in [1.165, 1.54) is 11.1 Å². The topological polar surface area (TPSA) is 34.1 Å². The molecule has 0 bridgehead atoms. The average molecular weight is 268 g/mol. The number of methoxy groups -OCH3 is 1. The van der Waals surface area contributed by atoms with Crippen molar-refractivity contribution in [2.24, 2.45) is 0 Å². The van der Waals surface area contributed by atoms with Gasteiger partial charge in [0.05, 0.1) is 12.1 Å². The zero-order chi connectivity index (χ0) is 13.8. The molecule has 104 valence electrons. The van der Waals surface area contributed by atoms with Gasteiger partial charge in [-0.1, -0.05) is 30.3 Å². The summed E-state index contributed by atoms with van der Waals surface area (Å²) < 4.78 is 5.36. The summed E-state index contributed by atoms with van der Waals surface area (Å²) in [5.74, 6) is 0. The Bertz CT molecular complexity index is 484. The smallest absolute Gasteiger partial charge is 0.0601 e. The third kappa shape index (κ3) is 2.89. The molecule has 0 amide bonds. The van der Waals surface area contributed by atoms with Crippen molar-refractivity contribution in [1.29, 1.82) is 0 Å². The van der Waals surface area contributed by atoms with Gasteiger partial charge < -0.3 is 10.1 Å². The van der Waals surface area contributed by atoms with E-state index in [-0.39, 0.29) is 6.04 Å². The minimum absolute atomic E-state index is 0.224. The molecule has 2 aromatic rings. The molecule has 20 heavy (non-hydrogen) atoms. The van der Waals surface area contributed by atoms with E-state index in [0.717, 1.165) is 12.8 Å². The molecular formula is C17H20N2O. The zero-order valence-electron chi connectivity index (χ0n) is 11.7. The van der Waals surface area contributed by atoms with Crippen LogP contribution in [0, 0.1) is 0 Å². The Balaban J connectivity index is 1.78. The van der Waals surface area contributed by atoms with Crippen LogP contribution in [0.5, 0.6) is 0 Å². The average Bonchev–Trinajstić information content (AvgIpc) is 2.48. The van der Waals surface area contributed by atoms with E-state index in [2.05, 4.69) is 52.8 Å². The second kappa shape index (κ2) is 6.16. The highest BCUT2D eigenvalue weighted by Gasteiger charge is 2.31. The van der Waals surface area contributed by atoms with Crippen molar-refractivity contribution in [1.82, 2.24) is 10.3 Å². The van der Waals surface area contributed by atoms with Crippen LogP contribution in [0.15, 0.2) is 54.9 Å². The number of nitrogens with one attached hydrogen (secondary N) is 1. The normalized spacial score (nSPS) is 23.1. The van der Waals surface area contributed by atoms with Crippen molar-refractivity contribution in [3.8, 4) is 0 Å². The number of ether oxygens (including phenoxy) is 1. The molecule has 1 atom stereocenters. The van der Waals surface area contributed by atoms with Gasteiger partial charge in [0.2, 0.25) is 0 Å².